The van der Waals surface area contributed by atoms with Crippen LogP contribution in [0.2, 0.25) is 5.02 Å². The topological polar surface area (TPSA) is 70.1 Å². The number of benzene rings is 3. The van der Waals surface area contributed by atoms with E-state index in [9.17, 15) is 4.79 Å². The number of amides is 1. The van der Waals surface area contributed by atoms with Gasteiger partial charge in [-0.2, -0.15) is 5.10 Å². The van der Waals surface area contributed by atoms with Crippen LogP contribution in [-0.4, -0.2) is 22.1 Å². The number of fused-ring (bicyclic) bond motifs is 3. The Kier molecular flexibility index (Phi) is 4.94. The Morgan fingerprint density at radius 1 is 0.935 bits per heavy atom. The van der Waals surface area contributed by atoms with E-state index in [-0.39, 0.29) is 11.6 Å². The van der Waals surface area contributed by atoms with Gasteiger partial charge in [-0.25, -0.2) is 10.4 Å². The summed E-state index contributed by atoms with van der Waals surface area (Å²) in [5.74, 6) is -0.380. The lowest BCUT2D eigenvalue weighted by Crippen LogP contribution is -2.19. The lowest BCUT2D eigenvalue weighted by atomic mass is 10.1. The maximum atomic E-state index is 12.9. The number of hydrazone groups is 1. The van der Waals surface area contributed by atoms with Crippen LogP contribution >= 0.6 is 11.6 Å². The molecule has 0 atom stereocenters. The Morgan fingerprint density at radius 2 is 1.68 bits per heavy atom. The summed E-state index contributed by atoms with van der Waals surface area (Å²) in [5, 5.41) is 6.66. The monoisotopic (exact) mass is 424 g/mol. The SMILES string of the molecule is O=C(N/N=C\c1ccccc1)c1cc2c([nH]c3ccccc32)c(-c2ccc(Cl)cc2)n1. The molecule has 0 unspecified atom stereocenters. The van der Waals surface area contributed by atoms with Crippen LogP contribution in [0.5, 0.6) is 0 Å². The van der Waals surface area contributed by atoms with E-state index in [2.05, 4.69) is 20.5 Å². The summed E-state index contributed by atoms with van der Waals surface area (Å²) in [6, 6.07) is 26.7. The fourth-order valence-electron chi connectivity index (χ4n) is 3.54. The molecule has 5 nitrogen and oxygen atoms in total. The smallest absolute Gasteiger partial charge is 0.289 e. The fourth-order valence-corrected chi connectivity index (χ4v) is 3.67. The zero-order valence-electron chi connectivity index (χ0n) is 16.3. The van der Waals surface area contributed by atoms with Gasteiger partial charge in [-0.1, -0.05) is 72.3 Å². The third kappa shape index (κ3) is 3.79. The van der Waals surface area contributed by atoms with Crippen LogP contribution in [0.1, 0.15) is 16.1 Å². The molecular weight excluding hydrogens is 408 g/mol. The van der Waals surface area contributed by atoms with Gasteiger partial charge in [0.05, 0.1) is 17.4 Å². The van der Waals surface area contributed by atoms with Crippen LogP contribution in [0.25, 0.3) is 33.1 Å². The third-order valence-corrected chi connectivity index (χ3v) is 5.28. The highest BCUT2D eigenvalue weighted by Crippen LogP contribution is 2.33. The fraction of sp³-hybridized carbons (Fsp3) is 0. The number of nitrogens with zero attached hydrogens (tertiary/aromatic N) is 2. The van der Waals surface area contributed by atoms with Gasteiger partial charge in [0.1, 0.15) is 5.69 Å². The lowest BCUT2D eigenvalue weighted by molar-refractivity contribution is 0.0950. The molecule has 5 aromatic rings. The first-order chi connectivity index (χ1) is 15.2. The Labute approximate surface area is 183 Å². The average molecular weight is 425 g/mol. The van der Waals surface area contributed by atoms with E-state index in [1.54, 1.807) is 12.3 Å². The van der Waals surface area contributed by atoms with Crippen molar-refractivity contribution in [1.29, 1.82) is 0 Å². The Morgan fingerprint density at radius 3 is 2.48 bits per heavy atom. The van der Waals surface area contributed by atoms with Crippen LogP contribution < -0.4 is 5.43 Å². The van der Waals surface area contributed by atoms with Crippen molar-refractivity contribution in [2.75, 3.05) is 0 Å². The van der Waals surface area contributed by atoms with Crippen LogP contribution in [0.15, 0.2) is 90.0 Å². The van der Waals surface area contributed by atoms with Crippen molar-refractivity contribution in [1.82, 2.24) is 15.4 Å². The Bertz CT molecular complexity index is 1420. The number of carbonyl (C=O) groups excluding carboxylic acids is 1. The van der Waals surface area contributed by atoms with Crippen molar-refractivity contribution in [2.45, 2.75) is 0 Å². The summed E-state index contributed by atoms with van der Waals surface area (Å²) in [5.41, 5.74) is 7.15. The molecule has 5 rings (SSSR count). The lowest BCUT2D eigenvalue weighted by Gasteiger charge is -2.07. The van der Waals surface area contributed by atoms with Crippen LogP contribution in [0.3, 0.4) is 0 Å². The van der Waals surface area contributed by atoms with Gasteiger partial charge in [0.15, 0.2) is 0 Å². The first-order valence-electron chi connectivity index (χ1n) is 9.75. The molecule has 0 radical (unpaired) electrons. The second-order valence-corrected chi connectivity index (χ2v) is 7.50. The molecule has 31 heavy (non-hydrogen) atoms. The standard InChI is InChI=1S/C25H17ClN4O/c26-18-12-10-17(11-13-18)23-24-20(19-8-4-5-9-21(19)28-24)14-22(29-23)25(31)30-27-15-16-6-2-1-3-7-16/h1-15,28H,(H,30,31)/b27-15-. The number of pyridine rings is 1. The number of hydrogen-bond donors (Lipinski definition) is 2. The minimum Gasteiger partial charge on any atom is -0.353 e. The van der Waals surface area contributed by atoms with Crippen molar-refractivity contribution in [3.05, 3.63) is 101 Å². The molecule has 0 aliphatic heterocycles. The summed E-state index contributed by atoms with van der Waals surface area (Å²) in [4.78, 5) is 21.0. The highest BCUT2D eigenvalue weighted by atomic mass is 35.5. The highest BCUT2D eigenvalue weighted by Gasteiger charge is 2.16. The first-order valence-corrected chi connectivity index (χ1v) is 10.1. The Hall–Kier alpha value is -3.96. The van der Waals surface area contributed by atoms with E-state index in [0.29, 0.717) is 10.7 Å². The number of para-hydroxylation sites is 1. The van der Waals surface area contributed by atoms with E-state index in [0.717, 1.165) is 32.9 Å². The number of halogens is 1. The molecule has 2 aromatic heterocycles. The molecular formula is C25H17ClN4O. The second-order valence-electron chi connectivity index (χ2n) is 7.07. The number of rotatable bonds is 4. The molecule has 0 bridgehead atoms. The minimum atomic E-state index is -0.380. The molecule has 0 spiro atoms. The van der Waals surface area contributed by atoms with E-state index < -0.39 is 0 Å². The zero-order valence-corrected chi connectivity index (χ0v) is 17.1. The zero-order chi connectivity index (χ0) is 21.2. The predicted octanol–water partition coefficient (Wildman–Crippen LogP) is 5.80. The number of hydrogen-bond acceptors (Lipinski definition) is 3. The molecule has 3 aromatic carbocycles. The van der Waals surface area contributed by atoms with Gasteiger partial charge in [-0.3, -0.25) is 4.79 Å². The van der Waals surface area contributed by atoms with Gasteiger partial charge in [0, 0.05) is 26.9 Å². The molecule has 0 aliphatic carbocycles. The molecule has 150 valence electrons. The third-order valence-electron chi connectivity index (χ3n) is 5.03. The number of nitrogens with one attached hydrogen (secondary N) is 2. The molecule has 0 saturated heterocycles. The number of H-pyrrole nitrogens is 1. The second kappa shape index (κ2) is 8.05. The summed E-state index contributed by atoms with van der Waals surface area (Å²) in [6.07, 6.45) is 1.60. The van der Waals surface area contributed by atoms with Crippen LogP contribution in [0.4, 0.5) is 0 Å². The molecule has 2 heterocycles. The number of carbonyl (C=O) groups is 1. The van der Waals surface area contributed by atoms with Gasteiger partial charge in [-0.15, -0.1) is 0 Å². The van der Waals surface area contributed by atoms with Crippen molar-refractivity contribution in [2.24, 2.45) is 5.10 Å². The minimum absolute atomic E-state index is 0.285. The van der Waals surface area contributed by atoms with Crippen LogP contribution in [-0.2, 0) is 0 Å². The van der Waals surface area contributed by atoms with Gasteiger partial charge >= 0.3 is 0 Å². The van der Waals surface area contributed by atoms with Crippen LogP contribution in [0, 0.1) is 0 Å². The largest absolute Gasteiger partial charge is 0.353 e. The van der Waals surface area contributed by atoms with Crippen molar-refractivity contribution < 1.29 is 4.79 Å². The number of aromatic amines is 1. The highest BCUT2D eigenvalue weighted by molar-refractivity contribution is 6.30. The molecule has 6 heteroatoms. The first kappa shape index (κ1) is 19.0. The van der Waals surface area contributed by atoms with Crippen molar-refractivity contribution in [3.63, 3.8) is 0 Å². The molecule has 1 amide bonds. The Balaban J connectivity index is 1.59. The van der Waals surface area contributed by atoms with E-state index >= 15 is 0 Å². The molecule has 2 N–H and O–H groups in total. The normalized spacial score (nSPS) is 11.4. The maximum absolute atomic E-state index is 12.9. The van der Waals surface area contributed by atoms with Gasteiger partial charge in [0.2, 0.25) is 0 Å². The predicted molar refractivity (Wildman–Crippen MR) is 126 cm³/mol. The molecule has 0 saturated carbocycles. The van der Waals surface area contributed by atoms with Gasteiger partial charge < -0.3 is 4.98 Å². The van der Waals surface area contributed by atoms with Gasteiger partial charge in [-0.05, 0) is 29.8 Å². The van der Waals surface area contributed by atoms with Gasteiger partial charge in [0.25, 0.3) is 5.91 Å². The summed E-state index contributed by atoms with van der Waals surface area (Å²) < 4.78 is 0. The van der Waals surface area contributed by atoms with E-state index in [1.165, 1.54) is 0 Å². The molecule has 0 aliphatic rings. The van der Waals surface area contributed by atoms with E-state index in [4.69, 9.17) is 11.6 Å². The summed E-state index contributed by atoms with van der Waals surface area (Å²) in [7, 11) is 0. The van der Waals surface area contributed by atoms with E-state index in [1.807, 2.05) is 78.9 Å². The van der Waals surface area contributed by atoms with Crippen molar-refractivity contribution in [3.8, 4) is 11.3 Å². The quantitative estimate of drug-likeness (QED) is 0.282. The number of aromatic nitrogens is 2. The summed E-state index contributed by atoms with van der Waals surface area (Å²) >= 11 is 6.06. The molecule has 0 fully saturated rings. The maximum Gasteiger partial charge on any atom is 0.289 e. The van der Waals surface area contributed by atoms with Crippen molar-refractivity contribution >= 4 is 45.5 Å². The summed E-state index contributed by atoms with van der Waals surface area (Å²) in [6.45, 7) is 0. The average Bonchev–Trinajstić information content (AvgIpc) is 3.18.